The molecule has 2 aromatic rings. The molecule has 0 amide bonds. The first-order chi connectivity index (χ1) is 12.5. The van der Waals surface area contributed by atoms with Gasteiger partial charge in [-0.05, 0) is 53.8 Å². The van der Waals surface area contributed by atoms with Gasteiger partial charge in [0.25, 0.3) is 0 Å². The van der Waals surface area contributed by atoms with Crippen LogP contribution in [-0.2, 0) is 0 Å². The van der Waals surface area contributed by atoms with E-state index in [4.69, 9.17) is 4.74 Å². The molecule has 140 valence electrons. The average Bonchev–Trinajstić information content (AvgIpc) is 3.09. The Morgan fingerprint density at radius 2 is 1.73 bits per heavy atom. The van der Waals surface area contributed by atoms with E-state index in [2.05, 4.69) is 44.4 Å². The first-order valence-corrected chi connectivity index (χ1v) is 9.21. The van der Waals surface area contributed by atoms with E-state index in [0.29, 0.717) is 12.0 Å². The summed E-state index contributed by atoms with van der Waals surface area (Å²) in [4.78, 5) is 0. The van der Waals surface area contributed by atoms with Crippen molar-refractivity contribution in [3.05, 3.63) is 60.1 Å². The molecule has 0 radical (unpaired) electrons. The van der Waals surface area contributed by atoms with Crippen molar-refractivity contribution >= 4 is 5.69 Å². The lowest BCUT2D eigenvalue weighted by Crippen LogP contribution is -2.34. The zero-order valence-electron chi connectivity index (χ0n) is 16.5. The van der Waals surface area contributed by atoms with Crippen LogP contribution in [0.4, 0.5) is 10.1 Å². The van der Waals surface area contributed by atoms with Crippen LogP contribution in [0.15, 0.2) is 48.7 Å². The monoisotopic (exact) mass is 356 g/mol. The van der Waals surface area contributed by atoms with Crippen molar-refractivity contribution in [1.82, 2.24) is 5.43 Å². The second-order valence-electron chi connectivity index (χ2n) is 6.41. The van der Waals surface area contributed by atoms with E-state index >= 15 is 0 Å². The molecule has 1 aliphatic rings. The molecular weight excluding hydrogens is 327 g/mol. The molecule has 0 bridgehead atoms. The highest BCUT2D eigenvalue weighted by Crippen LogP contribution is 2.34. The SMILES string of the molecule is CC.COc1ccc(-c2ccc(C(C)C)c(N3C=CC(C)N3)c2)cc1F. The van der Waals surface area contributed by atoms with Crippen LogP contribution in [0.25, 0.3) is 11.1 Å². The van der Waals surface area contributed by atoms with Gasteiger partial charge >= 0.3 is 0 Å². The molecule has 0 spiro atoms. The Morgan fingerprint density at radius 3 is 2.27 bits per heavy atom. The van der Waals surface area contributed by atoms with Crippen molar-refractivity contribution in [1.29, 1.82) is 0 Å². The minimum Gasteiger partial charge on any atom is -0.494 e. The van der Waals surface area contributed by atoms with Gasteiger partial charge in [0.05, 0.1) is 12.8 Å². The van der Waals surface area contributed by atoms with Gasteiger partial charge in [-0.25, -0.2) is 9.82 Å². The summed E-state index contributed by atoms with van der Waals surface area (Å²) >= 11 is 0. The first-order valence-electron chi connectivity index (χ1n) is 9.21. The molecule has 3 rings (SSSR count). The highest BCUT2D eigenvalue weighted by atomic mass is 19.1. The number of nitrogens with one attached hydrogen (secondary N) is 1. The molecule has 0 aliphatic carbocycles. The highest BCUT2D eigenvalue weighted by Gasteiger charge is 2.18. The Balaban J connectivity index is 0.00000117. The molecule has 4 heteroatoms. The van der Waals surface area contributed by atoms with Crippen LogP contribution in [-0.4, -0.2) is 13.2 Å². The summed E-state index contributed by atoms with van der Waals surface area (Å²) in [7, 11) is 1.47. The smallest absolute Gasteiger partial charge is 0.165 e. The number of halogens is 1. The third kappa shape index (κ3) is 4.25. The molecule has 3 nitrogen and oxygen atoms in total. The largest absolute Gasteiger partial charge is 0.494 e. The van der Waals surface area contributed by atoms with Gasteiger partial charge in [-0.3, -0.25) is 5.01 Å². The molecule has 1 aliphatic heterocycles. The first kappa shape index (κ1) is 20.0. The van der Waals surface area contributed by atoms with E-state index in [1.165, 1.54) is 18.7 Å². The Kier molecular flexibility index (Phi) is 6.81. The number of nitrogens with zero attached hydrogens (tertiary/aromatic N) is 1. The van der Waals surface area contributed by atoms with Crippen LogP contribution >= 0.6 is 0 Å². The maximum atomic E-state index is 14.0. The highest BCUT2D eigenvalue weighted by molar-refractivity contribution is 5.72. The Labute approximate surface area is 156 Å². The lowest BCUT2D eigenvalue weighted by Gasteiger charge is -2.24. The second kappa shape index (κ2) is 8.86. The second-order valence-corrected chi connectivity index (χ2v) is 6.41. The summed E-state index contributed by atoms with van der Waals surface area (Å²) in [5, 5.41) is 2.05. The van der Waals surface area contributed by atoms with Crippen molar-refractivity contribution < 1.29 is 9.13 Å². The minimum absolute atomic E-state index is 0.260. The zero-order chi connectivity index (χ0) is 19.3. The summed E-state index contributed by atoms with van der Waals surface area (Å²) in [6.45, 7) is 10.5. The fourth-order valence-corrected chi connectivity index (χ4v) is 2.94. The number of anilines is 1. The number of hydrazine groups is 1. The Morgan fingerprint density at radius 1 is 1.08 bits per heavy atom. The van der Waals surface area contributed by atoms with Crippen LogP contribution < -0.4 is 15.2 Å². The molecule has 0 saturated heterocycles. The molecule has 1 unspecified atom stereocenters. The predicted molar refractivity (Wildman–Crippen MR) is 108 cm³/mol. The van der Waals surface area contributed by atoms with E-state index in [0.717, 1.165) is 16.8 Å². The van der Waals surface area contributed by atoms with Gasteiger partial charge in [-0.1, -0.05) is 45.9 Å². The average molecular weight is 356 g/mol. The molecule has 0 fully saturated rings. The number of hydrogen-bond donors (Lipinski definition) is 1. The Bertz CT molecular complexity index is 771. The summed E-state index contributed by atoms with van der Waals surface area (Å²) < 4.78 is 19.0. The molecular formula is C22H29FN2O. The third-order valence-electron chi connectivity index (χ3n) is 4.26. The van der Waals surface area contributed by atoms with E-state index in [-0.39, 0.29) is 11.6 Å². The molecule has 0 aromatic heterocycles. The Hall–Kier alpha value is -2.33. The van der Waals surface area contributed by atoms with E-state index in [1.807, 2.05) is 37.2 Å². The van der Waals surface area contributed by atoms with Gasteiger partial charge in [0, 0.05) is 12.2 Å². The number of methoxy groups -OCH3 is 1. The van der Waals surface area contributed by atoms with Gasteiger partial charge in [0.2, 0.25) is 0 Å². The maximum absolute atomic E-state index is 14.0. The summed E-state index contributed by atoms with van der Waals surface area (Å²) in [5.41, 5.74) is 7.56. The van der Waals surface area contributed by atoms with Crippen molar-refractivity contribution in [2.75, 3.05) is 12.1 Å². The van der Waals surface area contributed by atoms with Crippen molar-refractivity contribution in [2.45, 2.75) is 46.6 Å². The van der Waals surface area contributed by atoms with Crippen LogP contribution in [0.2, 0.25) is 0 Å². The third-order valence-corrected chi connectivity index (χ3v) is 4.26. The van der Waals surface area contributed by atoms with Crippen LogP contribution in [0.1, 0.15) is 46.1 Å². The van der Waals surface area contributed by atoms with Gasteiger partial charge in [-0.15, -0.1) is 0 Å². The lowest BCUT2D eigenvalue weighted by molar-refractivity contribution is 0.386. The van der Waals surface area contributed by atoms with E-state index < -0.39 is 0 Å². The molecule has 0 saturated carbocycles. The minimum atomic E-state index is -0.350. The van der Waals surface area contributed by atoms with Gasteiger partial charge < -0.3 is 4.74 Å². The van der Waals surface area contributed by atoms with Gasteiger partial charge in [-0.2, -0.15) is 0 Å². The molecule has 26 heavy (non-hydrogen) atoms. The van der Waals surface area contributed by atoms with E-state index in [1.54, 1.807) is 6.07 Å². The van der Waals surface area contributed by atoms with Gasteiger partial charge in [0.1, 0.15) is 0 Å². The molecule has 1 heterocycles. The maximum Gasteiger partial charge on any atom is 0.165 e. The van der Waals surface area contributed by atoms with Crippen LogP contribution in [0.3, 0.4) is 0 Å². The predicted octanol–water partition coefficient (Wildman–Crippen LogP) is 5.88. The summed E-state index contributed by atoms with van der Waals surface area (Å²) in [6.07, 6.45) is 4.16. The summed E-state index contributed by atoms with van der Waals surface area (Å²) in [5.74, 6) is 0.306. The number of benzene rings is 2. The van der Waals surface area contributed by atoms with E-state index in [9.17, 15) is 4.39 Å². The lowest BCUT2D eigenvalue weighted by atomic mass is 9.96. The van der Waals surface area contributed by atoms with Gasteiger partial charge in [0.15, 0.2) is 11.6 Å². The van der Waals surface area contributed by atoms with Crippen molar-refractivity contribution in [3.63, 3.8) is 0 Å². The molecule has 1 N–H and O–H groups in total. The zero-order valence-corrected chi connectivity index (χ0v) is 16.5. The molecule has 2 aromatic carbocycles. The van der Waals surface area contributed by atoms with Crippen molar-refractivity contribution in [2.24, 2.45) is 0 Å². The molecule has 1 atom stereocenters. The summed E-state index contributed by atoms with van der Waals surface area (Å²) in [6, 6.07) is 11.6. The van der Waals surface area contributed by atoms with Crippen LogP contribution in [0, 0.1) is 5.82 Å². The fourth-order valence-electron chi connectivity index (χ4n) is 2.94. The standard InChI is InChI=1S/C20H23FN2O.C2H6/c1-13(2)17-7-5-16(12-19(17)23-10-9-14(3)22-23)15-6-8-20(24-4)18(21)11-15;1-2/h5-14,22H,1-4H3;1-2H3. The topological polar surface area (TPSA) is 24.5 Å². The van der Waals surface area contributed by atoms with Crippen molar-refractivity contribution in [3.8, 4) is 16.9 Å². The normalized spacial score (nSPS) is 15.8. The number of hydrogen-bond acceptors (Lipinski definition) is 3. The fraction of sp³-hybridized carbons (Fsp3) is 0.364. The number of rotatable bonds is 4. The number of ether oxygens (including phenoxy) is 1. The quantitative estimate of drug-likeness (QED) is 0.740. The van der Waals surface area contributed by atoms with Crippen LogP contribution in [0.5, 0.6) is 5.75 Å².